The van der Waals surface area contributed by atoms with E-state index in [0.717, 1.165) is 17.0 Å². The Balaban J connectivity index is 2.94. The van der Waals surface area contributed by atoms with Crippen molar-refractivity contribution in [2.24, 2.45) is 5.73 Å². The lowest BCUT2D eigenvalue weighted by Crippen LogP contribution is -2.24. The van der Waals surface area contributed by atoms with Gasteiger partial charge in [-0.25, -0.2) is 0 Å². The van der Waals surface area contributed by atoms with Crippen molar-refractivity contribution in [2.75, 3.05) is 0 Å². The molecule has 0 radical (unpaired) electrons. The van der Waals surface area contributed by atoms with Crippen molar-refractivity contribution in [3.05, 3.63) is 23.0 Å². The predicted molar refractivity (Wildman–Crippen MR) is 48.9 cm³/mol. The Bertz CT molecular complexity index is 265. The molecule has 0 unspecified atom stereocenters. The van der Waals surface area contributed by atoms with Gasteiger partial charge in [-0.3, -0.25) is 0 Å². The number of aromatic amines is 1. The zero-order valence-corrected chi connectivity index (χ0v) is 7.76. The average molecular weight is 168 g/mol. The highest BCUT2D eigenvalue weighted by Gasteiger charge is 2.15. The van der Waals surface area contributed by atoms with Crippen molar-refractivity contribution in [2.45, 2.75) is 32.9 Å². The van der Waals surface area contributed by atoms with Crippen LogP contribution in [-0.4, -0.2) is 16.2 Å². The summed E-state index contributed by atoms with van der Waals surface area (Å²) in [6.45, 7) is 5.66. The Labute approximate surface area is 72.6 Å². The van der Waals surface area contributed by atoms with Gasteiger partial charge in [0.05, 0.1) is 12.1 Å². The molecule has 3 nitrogen and oxygen atoms in total. The first kappa shape index (κ1) is 9.29. The molecule has 2 atom stereocenters. The number of hydrogen-bond donors (Lipinski definition) is 3. The number of aromatic nitrogens is 1. The number of aliphatic hydroxyl groups excluding tert-OH is 1. The Morgan fingerprint density at radius 1 is 1.50 bits per heavy atom. The Hall–Kier alpha value is -0.800. The van der Waals surface area contributed by atoms with Crippen LogP contribution >= 0.6 is 0 Å². The first-order valence-corrected chi connectivity index (χ1v) is 4.12. The molecule has 4 N–H and O–H groups in total. The van der Waals surface area contributed by atoms with Crippen molar-refractivity contribution in [3.63, 3.8) is 0 Å². The number of rotatable bonds is 2. The molecule has 0 aromatic carbocycles. The van der Waals surface area contributed by atoms with E-state index in [1.807, 2.05) is 19.9 Å². The summed E-state index contributed by atoms with van der Waals surface area (Å²) in [5.74, 6) is 0. The van der Waals surface area contributed by atoms with Crippen LogP contribution in [0.3, 0.4) is 0 Å². The number of nitrogens with one attached hydrogen (secondary N) is 1. The van der Waals surface area contributed by atoms with Crippen LogP contribution < -0.4 is 5.73 Å². The van der Waals surface area contributed by atoms with Gasteiger partial charge >= 0.3 is 0 Å². The van der Waals surface area contributed by atoms with Gasteiger partial charge in [0.1, 0.15) is 0 Å². The normalized spacial score (nSPS) is 16.1. The molecule has 3 heteroatoms. The summed E-state index contributed by atoms with van der Waals surface area (Å²) < 4.78 is 0. The van der Waals surface area contributed by atoms with E-state index in [1.54, 1.807) is 6.92 Å². The highest BCUT2D eigenvalue weighted by atomic mass is 16.3. The van der Waals surface area contributed by atoms with Gasteiger partial charge in [-0.15, -0.1) is 0 Å². The molecule has 1 aromatic rings. The molecular weight excluding hydrogens is 152 g/mol. The Morgan fingerprint density at radius 2 is 2.08 bits per heavy atom. The summed E-state index contributed by atoms with van der Waals surface area (Å²) in [6.07, 6.45) is -0.512. The van der Waals surface area contributed by atoms with Gasteiger partial charge in [-0.05, 0) is 32.4 Å². The third-order valence-corrected chi connectivity index (χ3v) is 2.04. The molecule has 0 aliphatic rings. The fraction of sp³-hybridized carbons (Fsp3) is 0.556. The summed E-state index contributed by atoms with van der Waals surface area (Å²) in [5.41, 5.74) is 8.90. The lowest BCUT2D eigenvalue weighted by molar-refractivity contribution is 0.162. The van der Waals surface area contributed by atoms with Crippen LogP contribution in [0.1, 0.15) is 29.9 Å². The fourth-order valence-electron chi connectivity index (χ4n) is 1.34. The standard InChI is InChI=1S/C9H16N2O/c1-5-4-6(2)11-9(5)8(10)7(3)12/h4,7-8,11-12H,10H2,1-3H3/t7-,8+/m0/s1. The van der Waals surface area contributed by atoms with E-state index < -0.39 is 6.10 Å². The molecule has 0 saturated carbocycles. The minimum absolute atomic E-state index is 0.307. The number of aryl methyl sites for hydroxylation is 2. The number of nitrogens with two attached hydrogens (primary N) is 1. The predicted octanol–water partition coefficient (Wildman–Crippen LogP) is 1.01. The highest BCUT2D eigenvalue weighted by Crippen LogP contribution is 2.18. The van der Waals surface area contributed by atoms with Crippen molar-refractivity contribution in [1.29, 1.82) is 0 Å². The molecule has 0 spiro atoms. The third-order valence-electron chi connectivity index (χ3n) is 2.04. The molecular formula is C9H16N2O. The summed E-state index contributed by atoms with van der Waals surface area (Å²) in [7, 11) is 0. The lowest BCUT2D eigenvalue weighted by Gasteiger charge is -2.14. The Kier molecular flexibility index (Phi) is 2.55. The van der Waals surface area contributed by atoms with Crippen molar-refractivity contribution >= 4 is 0 Å². The average Bonchev–Trinajstić information content (AvgIpc) is 2.28. The molecule has 0 amide bonds. The van der Waals surface area contributed by atoms with Crippen molar-refractivity contribution in [3.8, 4) is 0 Å². The third kappa shape index (κ3) is 1.68. The maximum atomic E-state index is 9.26. The summed E-state index contributed by atoms with van der Waals surface area (Å²) in [4.78, 5) is 3.14. The monoisotopic (exact) mass is 168 g/mol. The van der Waals surface area contributed by atoms with Gasteiger partial charge in [-0.1, -0.05) is 0 Å². The SMILES string of the molecule is Cc1cc(C)c([C@H](N)[C@H](C)O)[nH]1. The van der Waals surface area contributed by atoms with Gasteiger partial charge in [0, 0.05) is 11.4 Å². The van der Waals surface area contributed by atoms with E-state index >= 15 is 0 Å². The number of aliphatic hydroxyl groups is 1. The van der Waals surface area contributed by atoms with Gasteiger partial charge in [0.15, 0.2) is 0 Å². The molecule has 1 heterocycles. The van der Waals surface area contributed by atoms with Crippen LogP contribution in [0.4, 0.5) is 0 Å². The van der Waals surface area contributed by atoms with Gasteiger partial charge in [-0.2, -0.15) is 0 Å². The van der Waals surface area contributed by atoms with Gasteiger partial charge in [0.25, 0.3) is 0 Å². The van der Waals surface area contributed by atoms with E-state index in [1.165, 1.54) is 0 Å². The first-order chi connectivity index (χ1) is 5.52. The van der Waals surface area contributed by atoms with E-state index in [9.17, 15) is 5.11 Å². The van der Waals surface area contributed by atoms with Crippen LogP contribution in [0.25, 0.3) is 0 Å². The van der Waals surface area contributed by atoms with Crippen LogP contribution in [0.15, 0.2) is 6.07 Å². The highest BCUT2D eigenvalue weighted by molar-refractivity contribution is 5.26. The second-order valence-electron chi connectivity index (χ2n) is 3.32. The fourth-order valence-corrected chi connectivity index (χ4v) is 1.34. The summed E-state index contributed by atoms with van der Waals surface area (Å²) in [5, 5.41) is 9.26. The van der Waals surface area contributed by atoms with Gasteiger partial charge in [0.2, 0.25) is 0 Å². The van der Waals surface area contributed by atoms with Crippen LogP contribution in [0.2, 0.25) is 0 Å². The lowest BCUT2D eigenvalue weighted by atomic mass is 10.1. The van der Waals surface area contributed by atoms with E-state index in [2.05, 4.69) is 4.98 Å². The maximum absolute atomic E-state index is 9.26. The van der Waals surface area contributed by atoms with Crippen molar-refractivity contribution < 1.29 is 5.11 Å². The number of H-pyrrole nitrogens is 1. The second kappa shape index (κ2) is 3.29. The van der Waals surface area contributed by atoms with Crippen LogP contribution in [-0.2, 0) is 0 Å². The van der Waals surface area contributed by atoms with E-state index in [0.29, 0.717) is 0 Å². The molecule has 12 heavy (non-hydrogen) atoms. The zero-order chi connectivity index (χ0) is 9.30. The van der Waals surface area contributed by atoms with E-state index in [-0.39, 0.29) is 6.04 Å². The topological polar surface area (TPSA) is 62.0 Å². The summed E-state index contributed by atoms with van der Waals surface area (Å²) in [6, 6.07) is 1.72. The molecule has 68 valence electrons. The Morgan fingerprint density at radius 3 is 2.42 bits per heavy atom. The zero-order valence-electron chi connectivity index (χ0n) is 7.76. The molecule has 0 bridgehead atoms. The summed E-state index contributed by atoms with van der Waals surface area (Å²) >= 11 is 0. The van der Waals surface area contributed by atoms with Gasteiger partial charge < -0.3 is 15.8 Å². The molecule has 1 aromatic heterocycles. The minimum Gasteiger partial charge on any atom is -0.391 e. The molecule has 0 saturated heterocycles. The second-order valence-corrected chi connectivity index (χ2v) is 3.32. The number of hydrogen-bond acceptors (Lipinski definition) is 2. The molecule has 1 rings (SSSR count). The molecule has 0 aliphatic heterocycles. The van der Waals surface area contributed by atoms with Crippen molar-refractivity contribution in [1.82, 2.24) is 4.98 Å². The maximum Gasteiger partial charge on any atom is 0.0719 e. The largest absolute Gasteiger partial charge is 0.391 e. The minimum atomic E-state index is -0.512. The first-order valence-electron chi connectivity index (χ1n) is 4.12. The molecule has 0 aliphatic carbocycles. The quantitative estimate of drug-likeness (QED) is 0.617. The molecule has 0 fully saturated rings. The van der Waals surface area contributed by atoms with Crippen LogP contribution in [0, 0.1) is 13.8 Å². The van der Waals surface area contributed by atoms with E-state index in [4.69, 9.17) is 5.73 Å². The smallest absolute Gasteiger partial charge is 0.0719 e. The van der Waals surface area contributed by atoms with Crippen LogP contribution in [0.5, 0.6) is 0 Å².